The molecule has 2 aromatic carbocycles. The van der Waals surface area contributed by atoms with Gasteiger partial charge in [-0.25, -0.2) is 9.59 Å². The lowest BCUT2D eigenvalue weighted by Crippen LogP contribution is -2.17. The summed E-state index contributed by atoms with van der Waals surface area (Å²) in [4.78, 5) is 24.3. The maximum Gasteiger partial charge on any atom is 0.345 e. The third-order valence-electron chi connectivity index (χ3n) is 3.93. The summed E-state index contributed by atoms with van der Waals surface area (Å²) < 4.78 is 9.55. The molecule has 4 heteroatoms. The number of esters is 2. The van der Waals surface area contributed by atoms with E-state index in [4.69, 9.17) is 9.47 Å². The number of carbonyl (C=O) groups is 2. The molecule has 3 rings (SSSR count). The van der Waals surface area contributed by atoms with E-state index in [1.807, 2.05) is 60.7 Å². The van der Waals surface area contributed by atoms with Crippen LogP contribution in [0.3, 0.4) is 0 Å². The van der Waals surface area contributed by atoms with Crippen LogP contribution in [0.5, 0.6) is 0 Å². The number of allylic oxidation sites excluding steroid dienone is 2. The molecule has 0 saturated carbocycles. The van der Waals surface area contributed by atoms with E-state index >= 15 is 0 Å². The van der Waals surface area contributed by atoms with Gasteiger partial charge in [0.15, 0.2) is 5.57 Å². The van der Waals surface area contributed by atoms with Crippen LogP contribution in [-0.2, 0) is 19.1 Å². The van der Waals surface area contributed by atoms with E-state index in [2.05, 4.69) is 0 Å². The highest BCUT2D eigenvalue weighted by Gasteiger charge is 2.29. The van der Waals surface area contributed by atoms with Crippen LogP contribution in [0.25, 0.3) is 11.1 Å². The lowest BCUT2D eigenvalue weighted by molar-refractivity contribution is -0.143. The van der Waals surface area contributed by atoms with Crippen molar-refractivity contribution in [2.24, 2.45) is 0 Å². The molecule has 2 aromatic rings. The highest BCUT2D eigenvalue weighted by Crippen LogP contribution is 2.40. The lowest BCUT2D eigenvalue weighted by atomic mass is 9.98. The van der Waals surface area contributed by atoms with Crippen molar-refractivity contribution in [3.63, 3.8) is 0 Å². The summed E-state index contributed by atoms with van der Waals surface area (Å²) in [5.74, 6) is -1.42. The Morgan fingerprint density at radius 1 is 0.750 bits per heavy atom. The standard InChI is InChI=1S/C20H16O4/c1-23-19(21)18(20(22)24-2)17-12-16(13-8-4-3-5-9-13)14-10-6-7-11-15(14)17/h3-12H,1-2H3. The molecule has 0 spiro atoms. The van der Waals surface area contributed by atoms with Gasteiger partial charge in [0.1, 0.15) is 0 Å². The van der Waals surface area contributed by atoms with Gasteiger partial charge < -0.3 is 9.47 Å². The maximum absolute atomic E-state index is 12.1. The fourth-order valence-electron chi connectivity index (χ4n) is 2.82. The van der Waals surface area contributed by atoms with Crippen LogP contribution in [0.15, 0.2) is 66.2 Å². The van der Waals surface area contributed by atoms with Gasteiger partial charge >= 0.3 is 11.9 Å². The number of fused-ring (bicyclic) bond motifs is 1. The van der Waals surface area contributed by atoms with Gasteiger partial charge in [-0.2, -0.15) is 0 Å². The monoisotopic (exact) mass is 320 g/mol. The van der Waals surface area contributed by atoms with Crippen LogP contribution in [0, 0.1) is 0 Å². The molecule has 0 fully saturated rings. The first-order valence-corrected chi connectivity index (χ1v) is 7.45. The van der Waals surface area contributed by atoms with Gasteiger partial charge in [0.25, 0.3) is 0 Å². The van der Waals surface area contributed by atoms with Crippen molar-refractivity contribution >= 4 is 23.1 Å². The van der Waals surface area contributed by atoms with Crippen LogP contribution >= 0.6 is 0 Å². The predicted octanol–water partition coefficient (Wildman–Crippen LogP) is 3.23. The fourth-order valence-corrected chi connectivity index (χ4v) is 2.82. The topological polar surface area (TPSA) is 52.6 Å². The first kappa shape index (κ1) is 15.7. The van der Waals surface area contributed by atoms with Gasteiger partial charge in [-0.05, 0) is 28.3 Å². The summed E-state index contributed by atoms with van der Waals surface area (Å²) in [5, 5.41) is 0. The minimum Gasteiger partial charge on any atom is -0.465 e. The van der Waals surface area contributed by atoms with E-state index in [-0.39, 0.29) is 5.57 Å². The van der Waals surface area contributed by atoms with Crippen molar-refractivity contribution in [3.05, 3.63) is 82.9 Å². The normalized spacial score (nSPS) is 12.2. The maximum atomic E-state index is 12.1. The highest BCUT2D eigenvalue weighted by atomic mass is 16.5. The van der Waals surface area contributed by atoms with Crippen molar-refractivity contribution in [3.8, 4) is 0 Å². The Morgan fingerprint density at radius 2 is 1.29 bits per heavy atom. The van der Waals surface area contributed by atoms with E-state index in [9.17, 15) is 9.59 Å². The summed E-state index contributed by atoms with van der Waals surface area (Å²) in [5.41, 5.74) is 4.15. The van der Waals surface area contributed by atoms with Gasteiger partial charge in [-0.1, -0.05) is 54.6 Å². The third kappa shape index (κ3) is 2.63. The largest absolute Gasteiger partial charge is 0.465 e. The van der Waals surface area contributed by atoms with Crippen molar-refractivity contribution in [1.29, 1.82) is 0 Å². The number of hydrogen-bond acceptors (Lipinski definition) is 4. The average Bonchev–Trinajstić information content (AvgIpc) is 3.02. The average molecular weight is 320 g/mol. The molecular weight excluding hydrogens is 304 g/mol. The molecule has 0 N–H and O–H groups in total. The highest BCUT2D eigenvalue weighted by molar-refractivity contribution is 6.23. The molecule has 0 atom stereocenters. The first-order chi connectivity index (χ1) is 11.7. The molecule has 0 aromatic heterocycles. The summed E-state index contributed by atoms with van der Waals surface area (Å²) in [7, 11) is 2.49. The second kappa shape index (κ2) is 6.54. The van der Waals surface area contributed by atoms with Gasteiger partial charge in [-0.15, -0.1) is 0 Å². The van der Waals surface area contributed by atoms with Crippen LogP contribution in [-0.4, -0.2) is 26.2 Å². The third-order valence-corrected chi connectivity index (χ3v) is 3.93. The molecule has 1 aliphatic carbocycles. The zero-order chi connectivity index (χ0) is 17.1. The van der Waals surface area contributed by atoms with Gasteiger partial charge in [0.05, 0.1) is 14.2 Å². The number of ether oxygens (including phenoxy) is 2. The first-order valence-electron chi connectivity index (χ1n) is 7.45. The van der Waals surface area contributed by atoms with E-state index in [1.54, 1.807) is 0 Å². The molecule has 0 radical (unpaired) electrons. The minimum absolute atomic E-state index is 0.0987. The van der Waals surface area contributed by atoms with Crippen LogP contribution in [0.2, 0.25) is 0 Å². The van der Waals surface area contributed by atoms with Crippen molar-refractivity contribution < 1.29 is 19.1 Å². The molecule has 24 heavy (non-hydrogen) atoms. The Balaban J connectivity index is 2.28. The molecular formula is C20H16O4. The second-order valence-corrected chi connectivity index (χ2v) is 5.24. The summed E-state index contributed by atoms with van der Waals surface area (Å²) in [6.45, 7) is 0. The Hall–Kier alpha value is -3.14. The molecule has 4 nitrogen and oxygen atoms in total. The number of benzene rings is 2. The molecule has 0 unspecified atom stereocenters. The number of rotatable bonds is 3. The number of carbonyl (C=O) groups excluding carboxylic acids is 2. The summed E-state index contributed by atoms with van der Waals surface area (Å²) in [6.07, 6.45) is 1.84. The van der Waals surface area contributed by atoms with Gasteiger partial charge in [0, 0.05) is 5.57 Å². The quantitative estimate of drug-likeness (QED) is 0.377. The van der Waals surface area contributed by atoms with E-state index in [0.717, 1.165) is 22.3 Å². The summed E-state index contributed by atoms with van der Waals surface area (Å²) in [6, 6.07) is 17.4. The number of hydrogen-bond donors (Lipinski definition) is 0. The van der Waals surface area contributed by atoms with Gasteiger partial charge in [0.2, 0.25) is 0 Å². The van der Waals surface area contributed by atoms with Gasteiger partial charge in [-0.3, -0.25) is 0 Å². The SMILES string of the molecule is COC(=O)C(C(=O)OC)=C1C=C(c2ccccc2)c2ccccc21. The summed E-state index contributed by atoms with van der Waals surface area (Å²) >= 11 is 0. The molecule has 0 saturated heterocycles. The molecule has 0 bridgehead atoms. The van der Waals surface area contributed by atoms with Crippen LogP contribution in [0.4, 0.5) is 0 Å². The van der Waals surface area contributed by atoms with E-state index in [0.29, 0.717) is 5.57 Å². The Bertz CT molecular complexity index is 842. The lowest BCUT2D eigenvalue weighted by Gasteiger charge is -2.08. The van der Waals surface area contributed by atoms with E-state index < -0.39 is 11.9 Å². The zero-order valence-corrected chi connectivity index (χ0v) is 13.4. The Labute approximate surface area is 140 Å². The molecule has 0 aliphatic heterocycles. The van der Waals surface area contributed by atoms with Crippen LogP contribution < -0.4 is 0 Å². The molecule has 0 heterocycles. The van der Waals surface area contributed by atoms with Crippen molar-refractivity contribution in [2.45, 2.75) is 0 Å². The minimum atomic E-state index is -0.711. The Morgan fingerprint density at radius 3 is 1.88 bits per heavy atom. The predicted molar refractivity (Wildman–Crippen MR) is 90.9 cm³/mol. The van der Waals surface area contributed by atoms with E-state index in [1.165, 1.54) is 14.2 Å². The molecule has 120 valence electrons. The second-order valence-electron chi connectivity index (χ2n) is 5.24. The number of methoxy groups -OCH3 is 2. The smallest absolute Gasteiger partial charge is 0.345 e. The van der Waals surface area contributed by atoms with Crippen molar-refractivity contribution in [1.82, 2.24) is 0 Å². The molecule has 0 amide bonds. The fraction of sp³-hybridized carbons (Fsp3) is 0.100. The van der Waals surface area contributed by atoms with Crippen molar-refractivity contribution in [2.75, 3.05) is 14.2 Å². The molecule has 1 aliphatic rings. The Kier molecular flexibility index (Phi) is 4.29. The van der Waals surface area contributed by atoms with Crippen LogP contribution in [0.1, 0.15) is 16.7 Å². The zero-order valence-electron chi connectivity index (χ0n) is 13.4.